The second-order valence-corrected chi connectivity index (χ2v) is 4.54. The molecule has 0 atom stereocenters. The molecule has 0 aliphatic rings. The van der Waals surface area contributed by atoms with E-state index in [-0.39, 0.29) is 5.91 Å². The number of carbonyl (C=O) groups excluding carboxylic acids is 1. The molecule has 0 aromatic heterocycles. The average molecular weight is 233 g/mol. The Bertz CT molecular complexity index is 379. The van der Waals surface area contributed by atoms with E-state index in [0.717, 1.165) is 37.1 Å². The van der Waals surface area contributed by atoms with Gasteiger partial charge in [0.05, 0.1) is 0 Å². The van der Waals surface area contributed by atoms with Crippen LogP contribution in [0.5, 0.6) is 0 Å². The first-order chi connectivity index (χ1) is 8.11. The first kappa shape index (κ1) is 13.8. The molecule has 0 unspecified atom stereocenters. The predicted molar refractivity (Wildman–Crippen MR) is 72.4 cm³/mol. The van der Waals surface area contributed by atoms with Crippen molar-refractivity contribution in [2.24, 2.45) is 0 Å². The Hall–Kier alpha value is -1.31. The van der Waals surface area contributed by atoms with E-state index in [1.165, 1.54) is 5.56 Å². The highest BCUT2D eigenvalue weighted by Gasteiger charge is 2.16. The summed E-state index contributed by atoms with van der Waals surface area (Å²) in [4.78, 5) is 14.4. The van der Waals surface area contributed by atoms with Gasteiger partial charge in [0.2, 0.25) is 0 Å². The molecule has 17 heavy (non-hydrogen) atoms. The summed E-state index contributed by atoms with van der Waals surface area (Å²) in [5.41, 5.74) is 3.14. The molecule has 0 spiro atoms. The lowest BCUT2D eigenvalue weighted by Crippen LogP contribution is -2.33. The fourth-order valence-electron chi connectivity index (χ4n) is 2.01. The molecule has 1 rings (SSSR count). The van der Waals surface area contributed by atoms with Gasteiger partial charge in [-0.05, 0) is 43.9 Å². The molecular weight excluding hydrogens is 210 g/mol. The van der Waals surface area contributed by atoms with Crippen molar-refractivity contribution in [3.05, 3.63) is 34.9 Å². The van der Waals surface area contributed by atoms with Crippen LogP contribution in [0.2, 0.25) is 0 Å². The van der Waals surface area contributed by atoms with Gasteiger partial charge < -0.3 is 4.90 Å². The van der Waals surface area contributed by atoms with Crippen molar-refractivity contribution < 1.29 is 4.79 Å². The summed E-state index contributed by atoms with van der Waals surface area (Å²) in [6, 6.07) is 5.95. The molecule has 0 saturated carbocycles. The molecule has 0 bridgehead atoms. The molecule has 0 radical (unpaired) electrons. The van der Waals surface area contributed by atoms with Crippen molar-refractivity contribution in [1.82, 2.24) is 4.90 Å². The third kappa shape index (κ3) is 3.32. The molecule has 2 heteroatoms. The molecule has 1 aromatic rings. The maximum absolute atomic E-state index is 12.4. The van der Waals surface area contributed by atoms with Crippen molar-refractivity contribution in [1.29, 1.82) is 0 Å². The number of aryl methyl sites for hydroxylation is 1. The van der Waals surface area contributed by atoms with Crippen LogP contribution in [0.1, 0.15) is 48.2 Å². The summed E-state index contributed by atoms with van der Waals surface area (Å²) in [5.74, 6) is 0.176. The summed E-state index contributed by atoms with van der Waals surface area (Å²) >= 11 is 0. The van der Waals surface area contributed by atoms with Crippen LogP contribution < -0.4 is 0 Å². The molecular formula is C15H23NO. The molecule has 0 heterocycles. The molecule has 2 nitrogen and oxygen atoms in total. The minimum atomic E-state index is 0.176. The lowest BCUT2D eigenvalue weighted by Gasteiger charge is -2.22. The summed E-state index contributed by atoms with van der Waals surface area (Å²) < 4.78 is 0. The number of nitrogens with zero attached hydrogens (tertiary/aromatic N) is 1. The zero-order chi connectivity index (χ0) is 12.8. The molecule has 1 aromatic carbocycles. The molecule has 0 aliphatic heterocycles. The Morgan fingerprint density at radius 1 is 1.12 bits per heavy atom. The maximum Gasteiger partial charge on any atom is 0.254 e. The zero-order valence-electron chi connectivity index (χ0n) is 11.4. The van der Waals surface area contributed by atoms with Gasteiger partial charge in [0, 0.05) is 18.7 Å². The molecule has 0 N–H and O–H groups in total. The second kappa shape index (κ2) is 6.43. The van der Waals surface area contributed by atoms with Crippen LogP contribution in [0.3, 0.4) is 0 Å². The number of amides is 1. The number of carbonyl (C=O) groups is 1. The van der Waals surface area contributed by atoms with Gasteiger partial charge in [0.25, 0.3) is 5.91 Å². The normalized spacial score (nSPS) is 10.4. The maximum atomic E-state index is 12.4. The largest absolute Gasteiger partial charge is 0.339 e. The highest BCUT2D eigenvalue weighted by Crippen LogP contribution is 2.15. The van der Waals surface area contributed by atoms with E-state index < -0.39 is 0 Å². The highest BCUT2D eigenvalue weighted by molar-refractivity contribution is 5.95. The van der Waals surface area contributed by atoms with Crippen LogP contribution in [-0.4, -0.2) is 23.9 Å². The Morgan fingerprint density at radius 3 is 2.24 bits per heavy atom. The van der Waals surface area contributed by atoms with Crippen molar-refractivity contribution in [3.63, 3.8) is 0 Å². The fraction of sp³-hybridized carbons (Fsp3) is 0.533. The minimum Gasteiger partial charge on any atom is -0.339 e. The van der Waals surface area contributed by atoms with Gasteiger partial charge >= 0.3 is 0 Å². The van der Waals surface area contributed by atoms with Crippen LogP contribution in [0.15, 0.2) is 18.2 Å². The third-order valence-corrected chi connectivity index (χ3v) is 3.11. The zero-order valence-corrected chi connectivity index (χ0v) is 11.4. The first-order valence-electron chi connectivity index (χ1n) is 6.47. The molecule has 0 fully saturated rings. The van der Waals surface area contributed by atoms with Crippen molar-refractivity contribution in [3.8, 4) is 0 Å². The number of rotatable bonds is 5. The topological polar surface area (TPSA) is 20.3 Å². The van der Waals surface area contributed by atoms with Crippen LogP contribution >= 0.6 is 0 Å². The number of hydrogen-bond donors (Lipinski definition) is 0. The Kier molecular flexibility index (Phi) is 5.20. The average Bonchev–Trinajstić information content (AvgIpc) is 2.31. The second-order valence-electron chi connectivity index (χ2n) is 4.54. The van der Waals surface area contributed by atoms with Crippen LogP contribution in [-0.2, 0) is 0 Å². The summed E-state index contributed by atoms with van der Waals surface area (Å²) in [6.45, 7) is 9.99. The number of benzene rings is 1. The first-order valence-corrected chi connectivity index (χ1v) is 6.47. The van der Waals surface area contributed by atoms with Gasteiger partial charge in [-0.1, -0.05) is 26.0 Å². The molecule has 94 valence electrons. The van der Waals surface area contributed by atoms with E-state index in [2.05, 4.69) is 26.8 Å². The lowest BCUT2D eigenvalue weighted by molar-refractivity contribution is 0.0754. The van der Waals surface area contributed by atoms with Crippen molar-refractivity contribution in [2.75, 3.05) is 13.1 Å². The lowest BCUT2D eigenvalue weighted by atomic mass is 10.0. The van der Waals surface area contributed by atoms with E-state index in [1.807, 2.05) is 24.0 Å². The van der Waals surface area contributed by atoms with E-state index >= 15 is 0 Å². The quantitative estimate of drug-likeness (QED) is 0.761. The van der Waals surface area contributed by atoms with E-state index in [0.29, 0.717) is 0 Å². The van der Waals surface area contributed by atoms with Crippen LogP contribution in [0.25, 0.3) is 0 Å². The summed E-state index contributed by atoms with van der Waals surface area (Å²) in [7, 11) is 0. The molecule has 1 amide bonds. The number of hydrogen-bond acceptors (Lipinski definition) is 1. The van der Waals surface area contributed by atoms with Crippen molar-refractivity contribution >= 4 is 5.91 Å². The summed E-state index contributed by atoms with van der Waals surface area (Å²) in [5, 5.41) is 0. The van der Waals surface area contributed by atoms with Crippen molar-refractivity contribution in [2.45, 2.75) is 40.5 Å². The smallest absolute Gasteiger partial charge is 0.254 e. The van der Waals surface area contributed by atoms with E-state index in [9.17, 15) is 4.79 Å². The Balaban J connectivity index is 2.96. The van der Waals surface area contributed by atoms with Gasteiger partial charge in [0.15, 0.2) is 0 Å². The van der Waals surface area contributed by atoms with Gasteiger partial charge in [-0.25, -0.2) is 0 Å². The van der Waals surface area contributed by atoms with Gasteiger partial charge in [-0.15, -0.1) is 0 Å². The Labute approximate surface area is 105 Å². The third-order valence-electron chi connectivity index (χ3n) is 3.11. The predicted octanol–water partition coefficient (Wildman–Crippen LogP) is 3.57. The summed E-state index contributed by atoms with van der Waals surface area (Å²) in [6.07, 6.45) is 2.02. The standard InChI is InChI=1S/C15H23NO/c1-5-10-16(11-6-2)15(17)14-9-7-8-12(3)13(14)4/h7-9H,5-6,10-11H2,1-4H3. The van der Waals surface area contributed by atoms with Crippen LogP contribution in [0.4, 0.5) is 0 Å². The van der Waals surface area contributed by atoms with E-state index in [1.54, 1.807) is 0 Å². The fourth-order valence-corrected chi connectivity index (χ4v) is 2.01. The van der Waals surface area contributed by atoms with Crippen LogP contribution in [0, 0.1) is 13.8 Å². The molecule has 0 saturated heterocycles. The van der Waals surface area contributed by atoms with Gasteiger partial charge in [-0.3, -0.25) is 4.79 Å². The molecule has 0 aliphatic carbocycles. The van der Waals surface area contributed by atoms with Gasteiger partial charge in [-0.2, -0.15) is 0 Å². The Morgan fingerprint density at radius 2 is 1.71 bits per heavy atom. The minimum absolute atomic E-state index is 0.176. The monoisotopic (exact) mass is 233 g/mol. The van der Waals surface area contributed by atoms with Gasteiger partial charge in [0.1, 0.15) is 0 Å². The van der Waals surface area contributed by atoms with E-state index in [4.69, 9.17) is 0 Å². The highest BCUT2D eigenvalue weighted by atomic mass is 16.2. The SMILES string of the molecule is CCCN(CCC)C(=O)c1cccc(C)c1C.